The van der Waals surface area contributed by atoms with Crippen molar-refractivity contribution < 1.29 is 9.47 Å². The number of para-hydroxylation sites is 1. The van der Waals surface area contributed by atoms with E-state index in [0.29, 0.717) is 27.1 Å². The second kappa shape index (κ2) is 6.80. The molecule has 0 fully saturated rings. The van der Waals surface area contributed by atoms with Crippen LogP contribution in [-0.2, 0) is 7.05 Å². The van der Waals surface area contributed by atoms with Crippen molar-refractivity contribution in [3.8, 4) is 17.6 Å². The number of rotatable bonds is 2. The molecule has 0 saturated heterocycles. The lowest BCUT2D eigenvalue weighted by Crippen LogP contribution is -2.37. The largest absolute Gasteiger partial charge is 0.496 e. The quantitative estimate of drug-likeness (QED) is 0.657. The van der Waals surface area contributed by atoms with E-state index in [9.17, 15) is 10.1 Å². The first-order chi connectivity index (χ1) is 13.5. The van der Waals surface area contributed by atoms with E-state index in [4.69, 9.17) is 14.9 Å². The zero-order chi connectivity index (χ0) is 20.0. The van der Waals surface area contributed by atoms with Crippen LogP contribution in [0.2, 0.25) is 0 Å². The maximum Gasteiger partial charge on any atom is 0.258 e. The van der Waals surface area contributed by atoms with Gasteiger partial charge >= 0.3 is 0 Å². The predicted octanol–water partition coefficient (Wildman–Crippen LogP) is 3.95. The lowest BCUT2D eigenvalue weighted by atomic mass is 9.79. The Morgan fingerprint density at radius 2 is 2.04 bits per heavy atom. The average molecular weight is 438 g/mol. The van der Waals surface area contributed by atoms with Gasteiger partial charge in [0.2, 0.25) is 5.90 Å². The van der Waals surface area contributed by atoms with Gasteiger partial charge in [-0.1, -0.05) is 18.2 Å². The van der Waals surface area contributed by atoms with Gasteiger partial charge in [-0.3, -0.25) is 10.2 Å². The van der Waals surface area contributed by atoms with Crippen molar-refractivity contribution in [2.24, 2.45) is 13.0 Å². The molecule has 0 bridgehead atoms. The molecule has 0 amide bonds. The molecule has 7 heteroatoms. The van der Waals surface area contributed by atoms with Gasteiger partial charge in [0.1, 0.15) is 17.4 Å². The number of aromatic nitrogens is 1. The van der Waals surface area contributed by atoms with Gasteiger partial charge in [0.25, 0.3) is 5.56 Å². The third kappa shape index (κ3) is 2.60. The fraction of sp³-hybridized carbons (Fsp3) is 0.190. The summed E-state index contributed by atoms with van der Waals surface area (Å²) in [4.78, 5) is 13.3. The van der Waals surface area contributed by atoms with Crippen LogP contribution < -0.4 is 15.0 Å². The smallest absolute Gasteiger partial charge is 0.258 e. The third-order valence-corrected chi connectivity index (χ3v) is 5.72. The monoisotopic (exact) mass is 437 g/mol. The van der Waals surface area contributed by atoms with Gasteiger partial charge in [-0.05, 0) is 45.8 Å². The lowest BCUT2D eigenvalue weighted by Gasteiger charge is -2.31. The molecule has 140 valence electrons. The Balaban J connectivity index is 2.07. The van der Waals surface area contributed by atoms with Crippen molar-refractivity contribution in [1.29, 1.82) is 10.7 Å². The summed E-state index contributed by atoms with van der Waals surface area (Å²) in [6.45, 7) is 0. The lowest BCUT2D eigenvalue weighted by molar-refractivity contribution is 0.411. The number of nitrogens with zero attached hydrogens (tertiary/aromatic N) is 2. The van der Waals surface area contributed by atoms with E-state index in [-0.39, 0.29) is 11.5 Å². The van der Waals surface area contributed by atoms with Gasteiger partial charge in [0.05, 0.1) is 28.7 Å². The fourth-order valence-corrected chi connectivity index (χ4v) is 4.29. The number of methoxy groups -OCH3 is 1. The molecule has 1 aliphatic heterocycles. The van der Waals surface area contributed by atoms with Gasteiger partial charge in [-0.25, -0.2) is 0 Å². The summed E-state index contributed by atoms with van der Waals surface area (Å²) in [5, 5.41) is 18.8. The Bertz CT molecular complexity index is 1230. The van der Waals surface area contributed by atoms with Crippen LogP contribution in [-0.4, -0.2) is 17.6 Å². The van der Waals surface area contributed by atoms with E-state index < -0.39 is 11.8 Å². The number of nitriles is 1. The molecule has 1 aromatic heterocycles. The minimum atomic E-state index is -0.901. The van der Waals surface area contributed by atoms with E-state index in [2.05, 4.69) is 22.0 Å². The first-order valence-corrected chi connectivity index (χ1v) is 9.38. The standard InChI is InChI=1S/C21H16BrN3O3/c1-25-15-6-4-3-5-12(15)19-18(21(25)26)17(13(10-23)20(24)28-19)11-7-8-16(27-2)14(22)9-11/h3-9,13,17,24H,1-2H3. The summed E-state index contributed by atoms with van der Waals surface area (Å²) in [6, 6.07) is 14.9. The SMILES string of the molecule is COc1ccc(C2c3c(c4ccccc4n(C)c3=O)OC(=N)C2C#N)cc1Br. The number of halogens is 1. The number of hydrogen-bond donors (Lipinski definition) is 1. The molecule has 2 aromatic carbocycles. The van der Waals surface area contributed by atoms with Gasteiger partial charge in [0.15, 0.2) is 0 Å². The number of fused-ring (bicyclic) bond motifs is 3. The van der Waals surface area contributed by atoms with Crippen LogP contribution >= 0.6 is 15.9 Å². The van der Waals surface area contributed by atoms with Crippen molar-refractivity contribution in [2.75, 3.05) is 7.11 Å². The number of hydrogen-bond acceptors (Lipinski definition) is 5. The number of benzene rings is 2. The number of nitrogens with one attached hydrogen (secondary N) is 1. The van der Waals surface area contributed by atoms with Gasteiger partial charge < -0.3 is 14.0 Å². The number of aryl methyl sites for hydroxylation is 1. The first-order valence-electron chi connectivity index (χ1n) is 8.59. The maximum absolute atomic E-state index is 13.3. The Kier molecular flexibility index (Phi) is 4.44. The molecule has 4 rings (SSSR count). The molecule has 28 heavy (non-hydrogen) atoms. The molecular formula is C21H16BrN3O3. The Hall–Kier alpha value is -3.11. The molecule has 0 saturated carbocycles. The summed E-state index contributed by atoms with van der Waals surface area (Å²) in [5.41, 5.74) is 1.60. The van der Waals surface area contributed by atoms with E-state index in [1.807, 2.05) is 36.4 Å². The molecule has 0 aliphatic carbocycles. The van der Waals surface area contributed by atoms with Crippen molar-refractivity contribution in [1.82, 2.24) is 4.57 Å². The summed E-state index contributed by atoms with van der Waals surface area (Å²) in [7, 11) is 3.27. The van der Waals surface area contributed by atoms with Crippen molar-refractivity contribution in [2.45, 2.75) is 5.92 Å². The topological polar surface area (TPSA) is 88.1 Å². The van der Waals surface area contributed by atoms with Crippen LogP contribution in [0.4, 0.5) is 0 Å². The predicted molar refractivity (Wildman–Crippen MR) is 109 cm³/mol. The Morgan fingerprint density at radius 3 is 2.71 bits per heavy atom. The highest BCUT2D eigenvalue weighted by atomic mass is 79.9. The van der Waals surface area contributed by atoms with Crippen LogP contribution in [0.3, 0.4) is 0 Å². The summed E-state index contributed by atoms with van der Waals surface area (Å²) >= 11 is 3.47. The van der Waals surface area contributed by atoms with Crippen LogP contribution in [0.1, 0.15) is 17.0 Å². The summed E-state index contributed by atoms with van der Waals surface area (Å²) in [5.74, 6) is -0.683. The molecule has 3 aromatic rings. The molecule has 6 nitrogen and oxygen atoms in total. The van der Waals surface area contributed by atoms with Crippen molar-refractivity contribution in [3.05, 3.63) is 68.4 Å². The number of pyridine rings is 1. The van der Waals surface area contributed by atoms with E-state index in [0.717, 1.165) is 10.9 Å². The molecule has 0 radical (unpaired) electrons. The highest BCUT2D eigenvalue weighted by Gasteiger charge is 2.40. The molecule has 2 unspecified atom stereocenters. The Morgan fingerprint density at radius 1 is 1.29 bits per heavy atom. The summed E-state index contributed by atoms with van der Waals surface area (Å²) < 4.78 is 13.3. The zero-order valence-electron chi connectivity index (χ0n) is 15.2. The Labute approximate surface area is 169 Å². The molecule has 0 spiro atoms. The molecular weight excluding hydrogens is 422 g/mol. The second-order valence-corrected chi connectivity index (χ2v) is 7.42. The molecule has 2 heterocycles. The third-order valence-electron chi connectivity index (χ3n) is 5.10. The van der Waals surface area contributed by atoms with Crippen LogP contribution in [0.15, 0.2) is 51.7 Å². The number of ether oxygens (including phenoxy) is 2. The fourth-order valence-electron chi connectivity index (χ4n) is 3.73. The first kappa shape index (κ1) is 18.3. The highest BCUT2D eigenvalue weighted by Crippen LogP contribution is 2.44. The van der Waals surface area contributed by atoms with Crippen LogP contribution in [0.25, 0.3) is 10.9 Å². The van der Waals surface area contributed by atoms with E-state index in [1.54, 1.807) is 24.8 Å². The maximum atomic E-state index is 13.3. The van der Waals surface area contributed by atoms with Crippen LogP contribution in [0.5, 0.6) is 11.5 Å². The van der Waals surface area contributed by atoms with Crippen molar-refractivity contribution in [3.63, 3.8) is 0 Å². The van der Waals surface area contributed by atoms with Gasteiger partial charge in [0, 0.05) is 18.4 Å². The molecule has 1 aliphatic rings. The second-order valence-electron chi connectivity index (χ2n) is 6.57. The van der Waals surface area contributed by atoms with E-state index in [1.165, 1.54) is 0 Å². The zero-order valence-corrected chi connectivity index (χ0v) is 16.8. The average Bonchev–Trinajstić information content (AvgIpc) is 2.71. The van der Waals surface area contributed by atoms with Crippen molar-refractivity contribution >= 4 is 32.7 Å². The normalized spacial score (nSPS) is 18.3. The van der Waals surface area contributed by atoms with Crippen LogP contribution in [0, 0.1) is 22.7 Å². The van der Waals surface area contributed by atoms with Gasteiger partial charge in [-0.2, -0.15) is 5.26 Å². The molecule has 1 N–H and O–H groups in total. The van der Waals surface area contributed by atoms with E-state index >= 15 is 0 Å². The minimum absolute atomic E-state index is 0.162. The summed E-state index contributed by atoms with van der Waals surface area (Å²) in [6.07, 6.45) is 0. The highest BCUT2D eigenvalue weighted by molar-refractivity contribution is 9.10. The minimum Gasteiger partial charge on any atom is -0.496 e. The van der Waals surface area contributed by atoms with Gasteiger partial charge in [-0.15, -0.1) is 0 Å². The molecule has 2 atom stereocenters.